The van der Waals surface area contributed by atoms with Gasteiger partial charge in [-0.2, -0.15) is 0 Å². The molecule has 0 aliphatic carbocycles. The first-order chi connectivity index (χ1) is 8.91. The van der Waals surface area contributed by atoms with E-state index in [2.05, 4.69) is 36.1 Å². The number of nitrogens with zero attached hydrogens (tertiary/aromatic N) is 1. The van der Waals surface area contributed by atoms with Gasteiger partial charge in [-0.05, 0) is 38.5 Å². The number of halogens is 1. The van der Waals surface area contributed by atoms with E-state index < -0.39 is 0 Å². The Morgan fingerprint density at radius 3 is 2.84 bits per heavy atom. The zero-order valence-electron chi connectivity index (χ0n) is 11.4. The van der Waals surface area contributed by atoms with Gasteiger partial charge in [0, 0.05) is 10.6 Å². The predicted octanol–water partition coefficient (Wildman–Crippen LogP) is 2.85. The fraction of sp³-hybridized carbons (Fsp3) is 0.429. The van der Waals surface area contributed by atoms with Gasteiger partial charge in [-0.1, -0.05) is 18.5 Å². The molecule has 0 saturated carbocycles. The first-order valence-electron chi connectivity index (χ1n) is 6.35. The topological polar surface area (TPSA) is 57.8 Å². The van der Waals surface area contributed by atoms with Gasteiger partial charge in [-0.3, -0.25) is 4.79 Å². The van der Waals surface area contributed by atoms with Gasteiger partial charge in [-0.15, -0.1) is 0 Å². The summed E-state index contributed by atoms with van der Waals surface area (Å²) in [7, 11) is 0. The van der Waals surface area contributed by atoms with Crippen LogP contribution in [-0.4, -0.2) is 15.5 Å². The number of H-pyrrole nitrogens is 1. The van der Waals surface area contributed by atoms with Gasteiger partial charge in [0.2, 0.25) is 0 Å². The molecule has 4 nitrogen and oxygen atoms in total. The average molecular weight is 280 g/mol. The second-order valence-electron chi connectivity index (χ2n) is 5.27. The third-order valence-electron chi connectivity index (χ3n) is 3.34. The molecule has 0 saturated heterocycles. The van der Waals surface area contributed by atoms with E-state index >= 15 is 0 Å². The van der Waals surface area contributed by atoms with Crippen LogP contribution < -0.4 is 10.9 Å². The summed E-state index contributed by atoms with van der Waals surface area (Å²) < 4.78 is 0. The fourth-order valence-corrected chi connectivity index (χ4v) is 1.86. The Bertz CT molecular complexity index is 649. The van der Waals surface area contributed by atoms with Gasteiger partial charge in [0.05, 0.1) is 17.4 Å². The van der Waals surface area contributed by atoms with Crippen molar-refractivity contribution in [3.05, 3.63) is 39.4 Å². The molecule has 5 heteroatoms. The lowest BCUT2D eigenvalue weighted by atomic mass is 10.0. The monoisotopic (exact) mass is 279 g/mol. The standard InChI is InChI=1S/C14H18ClN3O/c1-4-14(2,3)16-8-12-17-11-7-9(15)5-6-10(11)13(19)18-12/h5-7,16H,4,8H2,1-3H3,(H,17,18,19). The van der Waals surface area contributed by atoms with Crippen molar-refractivity contribution in [1.82, 2.24) is 15.3 Å². The van der Waals surface area contributed by atoms with Crippen molar-refractivity contribution in [3.8, 4) is 0 Å². The Morgan fingerprint density at radius 1 is 1.42 bits per heavy atom. The van der Waals surface area contributed by atoms with E-state index in [9.17, 15) is 4.79 Å². The van der Waals surface area contributed by atoms with Crippen LogP contribution in [0.3, 0.4) is 0 Å². The molecule has 0 radical (unpaired) electrons. The van der Waals surface area contributed by atoms with Crippen LogP contribution in [-0.2, 0) is 6.54 Å². The molecule has 1 aromatic heterocycles. The third kappa shape index (κ3) is 3.33. The lowest BCUT2D eigenvalue weighted by Crippen LogP contribution is -2.38. The number of aromatic nitrogens is 2. The van der Waals surface area contributed by atoms with Crippen LogP contribution in [0.1, 0.15) is 33.0 Å². The first kappa shape index (κ1) is 14.0. The Labute approximate surface area is 117 Å². The number of hydrogen-bond donors (Lipinski definition) is 2. The second-order valence-corrected chi connectivity index (χ2v) is 5.70. The van der Waals surface area contributed by atoms with Crippen LogP contribution in [0.4, 0.5) is 0 Å². The lowest BCUT2D eigenvalue weighted by molar-refractivity contribution is 0.370. The van der Waals surface area contributed by atoms with Gasteiger partial charge in [-0.25, -0.2) is 4.98 Å². The van der Waals surface area contributed by atoms with E-state index in [1.54, 1.807) is 18.2 Å². The SMILES string of the molecule is CCC(C)(C)NCc1nc2cc(Cl)ccc2c(=O)[nH]1. The van der Waals surface area contributed by atoms with Gasteiger partial charge < -0.3 is 10.3 Å². The molecule has 0 unspecified atom stereocenters. The Kier molecular flexibility index (Phi) is 3.92. The minimum atomic E-state index is -0.132. The zero-order chi connectivity index (χ0) is 14.0. The maximum absolute atomic E-state index is 11.9. The van der Waals surface area contributed by atoms with E-state index in [1.165, 1.54) is 0 Å². The van der Waals surface area contributed by atoms with Crippen molar-refractivity contribution in [2.75, 3.05) is 0 Å². The zero-order valence-corrected chi connectivity index (χ0v) is 12.1. The lowest BCUT2D eigenvalue weighted by Gasteiger charge is -2.24. The Hall–Kier alpha value is -1.39. The van der Waals surface area contributed by atoms with Crippen LogP contribution in [0.25, 0.3) is 10.9 Å². The highest BCUT2D eigenvalue weighted by Crippen LogP contribution is 2.15. The fourth-order valence-electron chi connectivity index (χ4n) is 1.69. The molecule has 1 heterocycles. The largest absolute Gasteiger partial charge is 0.309 e. The quantitative estimate of drug-likeness (QED) is 0.905. The van der Waals surface area contributed by atoms with E-state index in [0.29, 0.717) is 28.3 Å². The maximum atomic E-state index is 11.9. The van der Waals surface area contributed by atoms with Gasteiger partial charge in [0.1, 0.15) is 5.82 Å². The predicted molar refractivity (Wildman–Crippen MR) is 78.6 cm³/mol. The summed E-state index contributed by atoms with van der Waals surface area (Å²) in [4.78, 5) is 19.2. The molecule has 0 amide bonds. The summed E-state index contributed by atoms with van der Waals surface area (Å²) in [6, 6.07) is 5.09. The molecule has 0 aliphatic heterocycles. The average Bonchev–Trinajstić information content (AvgIpc) is 2.36. The second kappa shape index (κ2) is 5.31. The molecule has 2 aromatic rings. The van der Waals surface area contributed by atoms with E-state index in [4.69, 9.17) is 11.6 Å². The van der Waals surface area contributed by atoms with Crippen molar-refractivity contribution in [2.45, 2.75) is 39.3 Å². The van der Waals surface area contributed by atoms with Crippen LogP contribution >= 0.6 is 11.6 Å². The summed E-state index contributed by atoms with van der Waals surface area (Å²) in [5.41, 5.74) is 0.511. The van der Waals surface area contributed by atoms with E-state index in [-0.39, 0.29) is 11.1 Å². The molecule has 0 bridgehead atoms. The molecular formula is C14H18ClN3O. The van der Waals surface area contributed by atoms with Crippen molar-refractivity contribution >= 4 is 22.5 Å². The summed E-state index contributed by atoms with van der Waals surface area (Å²) in [5, 5.41) is 4.51. The van der Waals surface area contributed by atoms with Crippen molar-refractivity contribution in [3.63, 3.8) is 0 Å². The highest BCUT2D eigenvalue weighted by molar-refractivity contribution is 6.31. The maximum Gasteiger partial charge on any atom is 0.258 e. The number of rotatable bonds is 4. The molecule has 19 heavy (non-hydrogen) atoms. The van der Waals surface area contributed by atoms with Crippen LogP contribution in [0.15, 0.2) is 23.0 Å². The van der Waals surface area contributed by atoms with Gasteiger partial charge in [0.15, 0.2) is 0 Å². The third-order valence-corrected chi connectivity index (χ3v) is 3.57. The number of nitrogens with one attached hydrogen (secondary N) is 2. The van der Waals surface area contributed by atoms with E-state index in [0.717, 1.165) is 6.42 Å². The van der Waals surface area contributed by atoms with Gasteiger partial charge >= 0.3 is 0 Å². The molecule has 0 spiro atoms. The van der Waals surface area contributed by atoms with Crippen LogP contribution in [0.2, 0.25) is 5.02 Å². The van der Waals surface area contributed by atoms with Crippen molar-refractivity contribution < 1.29 is 0 Å². The summed E-state index contributed by atoms with van der Waals surface area (Å²) >= 11 is 5.93. The molecule has 2 rings (SSSR count). The summed E-state index contributed by atoms with van der Waals surface area (Å²) in [6.45, 7) is 6.87. The Morgan fingerprint density at radius 2 is 2.16 bits per heavy atom. The molecule has 0 aliphatic rings. The molecule has 102 valence electrons. The molecule has 1 aromatic carbocycles. The van der Waals surface area contributed by atoms with Crippen LogP contribution in [0.5, 0.6) is 0 Å². The van der Waals surface area contributed by atoms with Gasteiger partial charge in [0.25, 0.3) is 5.56 Å². The number of aromatic amines is 1. The van der Waals surface area contributed by atoms with Crippen molar-refractivity contribution in [1.29, 1.82) is 0 Å². The summed E-state index contributed by atoms with van der Waals surface area (Å²) in [6.07, 6.45) is 0.997. The Balaban J connectivity index is 2.33. The number of benzene rings is 1. The normalized spacial score (nSPS) is 12.0. The highest BCUT2D eigenvalue weighted by atomic mass is 35.5. The molecular weight excluding hydrogens is 262 g/mol. The molecule has 0 atom stereocenters. The minimum absolute atomic E-state index is 0.0157. The minimum Gasteiger partial charge on any atom is -0.309 e. The van der Waals surface area contributed by atoms with Crippen molar-refractivity contribution in [2.24, 2.45) is 0 Å². The van der Waals surface area contributed by atoms with Crippen LogP contribution in [0, 0.1) is 0 Å². The highest BCUT2D eigenvalue weighted by Gasteiger charge is 2.14. The number of fused-ring (bicyclic) bond motifs is 1. The molecule has 0 fully saturated rings. The van der Waals surface area contributed by atoms with E-state index in [1.807, 2.05) is 0 Å². The summed E-state index contributed by atoms with van der Waals surface area (Å²) in [5.74, 6) is 0.626. The first-order valence-corrected chi connectivity index (χ1v) is 6.72. The number of hydrogen-bond acceptors (Lipinski definition) is 3. The molecule has 2 N–H and O–H groups in total. The smallest absolute Gasteiger partial charge is 0.258 e.